The molecule has 0 unspecified atom stereocenters. The Kier molecular flexibility index (Phi) is 9.33. The van der Waals surface area contributed by atoms with Gasteiger partial charge in [-0.05, 0) is 24.5 Å². The van der Waals surface area contributed by atoms with Gasteiger partial charge in [0, 0.05) is 12.0 Å². The van der Waals surface area contributed by atoms with Crippen LogP contribution in [0, 0.1) is 12.8 Å². The minimum atomic E-state index is -3.85. The van der Waals surface area contributed by atoms with Gasteiger partial charge in [0.25, 0.3) is 5.91 Å². The zero-order valence-corrected chi connectivity index (χ0v) is 16.8. The monoisotopic (exact) mass is 411 g/mol. The van der Waals surface area contributed by atoms with Gasteiger partial charge in [-0.1, -0.05) is 43.7 Å². The first-order chi connectivity index (χ1) is 13.1. The molecular weight excluding hydrogens is 386 g/mol. The second-order valence-corrected chi connectivity index (χ2v) is 8.04. The number of rotatable bonds is 9. The summed E-state index contributed by atoms with van der Waals surface area (Å²) in [5.41, 5.74) is 1.73. The second-order valence-electron chi connectivity index (χ2n) is 6.39. The Bertz CT molecular complexity index is 816. The molecule has 0 aromatic heterocycles. The molecule has 0 aliphatic rings. The van der Waals surface area contributed by atoms with E-state index in [1.807, 2.05) is 42.9 Å². The number of aryl methyl sites for hydroxylation is 1. The van der Waals surface area contributed by atoms with E-state index in [0.29, 0.717) is 12.1 Å². The predicted octanol–water partition coefficient (Wildman–Crippen LogP) is 0.910. The predicted molar refractivity (Wildman–Crippen MR) is 104 cm³/mol. The molecule has 0 atom stereocenters. The van der Waals surface area contributed by atoms with Crippen molar-refractivity contribution in [3.05, 3.63) is 40.8 Å². The average molecular weight is 411 g/mol. The fourth-order valence-electron chi connectivity index (χ4n) is 1.75. The van der Waals surface area contributed by atoms with Gasteiger partial charge in [0.15, 0.2) is 6.61 Å². The molecule has 0 spiro atoms. The molecule has 28 heavy (non-hydrogen) atoms. The number of amides is 3. The SMILES string of the molecule is Cc1ccc(/C=C/S(=O)(=O)NCC(=O)OCC(=O)NC(=O)NCC(C)C)cc1. The van der Waals surface area contributed by atoms with E-state index in [9.17, 15) is 22.8 Å². The summed E-state index contributed by atoms with van der Waals surface area (Å²) in [7, 11) is -3.85. The van der Waals surface area contributed by atoms with Gasteiger partial charge in [-0.15, -0.1) is 0 Å². The van der Waals surface area contributed by atoms with Crippen molar-refractivity contribution in [2.45, 2.75) is 20.8 Å². The number of hydrogen-bond acceptors (Lipinski definition) is 6. The summed E-state index contributed by atoms with van der Waals surface area (Å²) < 4.78 is 30.4. The maximum Gasteiger partial charge on any atom is 0.321 e. The minimum absolute atomic E-state index is 0.215. The standard InChI is InChI=1S/C18H25N3O6S/c1-13(2)10-19-18(24)21-16(22)12-27-17(23)11-20-28(25,26)9-8-15-6-4-14(3)5-7-15/h4-9,13,20H,10-12H2,1-3H3,(H2,19,21,22,24)/b9-8+. The Hall–Kier alpha value is -2.72. The van der Waals surface area contributed by atoms with Gasteiger partial charge in [-0.2, -0.15) is 0 Å². The largest absolute Gasteiger partial charge is 0.455 e. The molecule has 0 saturated carbocycles. The molecule has 0 heterocycles. The summed E-state index contributed by atoms with van der Waals surface area (Å²) in [6, 6.07) is 6.49. The van der Waals surface area contributed by atoms with Crippen LogP contribution in [0.5, 0.6) is 0 Å². The van der Waals surface area contributed by atoms with Crippen LogP contribution in [0.4, 0.5) is 4.79 Å². The van der Waals surface area contributed by atoms with Crippen LogP contribution >= 0.6 is 0 Å². The highest BCUT2D eigenvalue weighted by Crippen LogP contribution is 2.05. The molecule has 0 radical (unpaired) electrons. The number of esters is 1. The summed E-state index contributed by atoms with van der Waals surface area (Å²) in [6.07, 6.45) is 1.39. The molecule has 1 aromatic carbocycles. The lowest BCUT2D eigenvalue weighted by Crippen LogP contribution is -2.43. The van der Waals surface area contributed by atoms with Crippen molar-refractivity contribution >= 4 is 34.0 Å². The topological polar surface area (TPSA) is 131 Å². The Labute approximate surface area is 164 Å². The minimum Gasteiger partial charge on any atom is -0.455 e. The summed E-state index contributed by atoms with van der Waals surface area (Å²) in [6.45, 7) is 4.73. The van der Waals surface area contributed by atoms with Crippen molar-refractivity contribution in [2.75, 3.05) is 19.7 Å². The van der Waals surface area contributed by atoms with E-state index in [4.69, 9.17) is 0 Å². The van der Waals surface area contributed by atoms with Crippen molar-refractivity contribution in [1.82, 2.24) is 15.4 Å². The molecule has 10 heteroatoms. The van der Waals surface area contributed by atoms with Crippen molar-refractivity contribution in [3.8, 4) is 0 Å². The fraction of sp³-hybridized carbons (Fsp3) is 0.389. The quantitative estimate of drug-likeness (QED) is 0.518. The Morgan fingerprint density at radius 2 is 1.79 bits per heavy atom. The first-order valence-corrected chi connectivity index (χ1v) is 10.1. The zero-order chi connectivity index (χ0) is 21.2. The number of hydrogen-bond donors (Lipinski definition) is 3. The first-order valence-electron chi connectivity index (χ1n) is 8.55. The van der Waals surface area contributed by atoms with Gasteiger partial charge in [0.1, 0.15) is 6.54 Å². The summed E-state index contributed by atoms with van der Waals surface area (Å²) in [5, 5.41) is 5.38. The number of nitrogens with one attached hydrogen (secondary N) is 3. The van der Waals surface area contributed by atoms with Crippen LogP contribution in [0.3, 0.4) is 0 Å². The molecule has 154 valence electrons. The first kappa shape index (κ1) is 23.3. The second kappa shape index (κ2) is 11.2. The third-order valence-electron chi connectivity index (χ3n) is 3.22. The Morgan fingerprint density at radius 1 is 1.14 bits per heavy atom. The molecule has 0 aliphatic heterocycles. The van der Waals surface area contributed by atoms with Crippen LogP contribution in [-0.2, 0) is 24.3 Å². The third-order valence-corrected chi connectivity index (χ3v) is 4.26. The molecule has 1 aromatic rings. The van der Waals surface area contributed by atoms with Crippen LogP contribution < -0.4 is 15.4 Å². The molecule has 0 saturated heterocycles. The number of imide groups is 1. The molecule has 3 N–H and O–H groups in total. The molecule has 0 bridgehead atoms. The third kappa shape index (κ3) is 10.4. The van der Waals surface area contributed by atoms with Gasteiger partial charge < -0.3 is 10.1 Å². The number of sulfonamides is 1. The van der Waals surface area contributed by atoms with E-state index in [-0.39, 0.29) is 5.92 Å². The number of urea groups is 1. The Balaban J connectivity index is 2.35. The lowest BCUT2D eigenvalue weighted by molar-refractivity contribution is -0.147. The van der Waals surface area contributed by atoms with E-state index < -0.39 is 41.1 Å². The van der Waals surface area contributed by atoms with Crippen LogP contribution in [0.25, 0.3) is 6.08 Å². The zero-order valence-electron chi connectivity index (χ0n) is 16.0. The number of benzene rings is 1. The van der Waals surface area contributed by atoms with Gasteiger partial charge in [0.05, 0.1) is 0 Å². The number of carbonyl (C=O) groups excluding carboxylic acids is 3. The van der Waals surface area contributed by atoms with Gasteiger partial charge in [0.2, 0.25) is 10.0 Å². The summed E-state index contributed by atoms with van der Waals surface area (Å²) in [4.78, 5) is 34.4. The molecule has 0 aliphatic carbocycles. The van der Waals surface area contributed by atoms with Crippen LogP contribution in [0.2, 0.25) is 0 Å². The lowest BCUT2D eigenvalue weighted by atomic mass is 10.2. The highest BCUT2D eigenvalue weighted by atomic mass is 32.2. The average Bonchev–Trinajstić information content (AvgIpc) is 2.63. The van der Waals surface area contributed by atoms with Crippen LogP contribution in [0.15, 0.2) is 29.7 Å². The molecule has 1 rings (SSSR count). The van der Waals surface area contributed by atoms with E-state index >= 15 is 0 Å². The number of ether oxygens (including phenoxy) is 1. The van der Waals surface area contributed by atoms with Gasteiger partial charge >= 0.3 is 12.0 Å². The smallest absolute Gasteiger partial charge is 0.321 e. The van der Waals surface area contributed by atoms with E-state index in [1.165, 1.54) is 6.08 Å². The van der Waals surface area contributed by atoms with Crippen molar-refractivity contribution in [3.63, 3.8) is 0 Å². The summed E-state index contributed by atoms with van der Waals surface area (Å²) >= 11 is 0. The fourth-order valence-corrected chi connectivity index (χ4v) is 2.51. The van der Waals surface area contributed by atoms with Crippen molar-refractivity contribution < 1.29 is 27.5 Å². The molecule has 9 nitrogen and oxygen atoms in total. The molecular formula is C18H25N3O6S. The molecule has 0 fully saturated rings. The van der Waals surface area contributed by atoms with Gasteiger partial charge in [-0.3, -0.25) is 14.9 Å². The van der Waals surface area contributed by atoms with Crippen molar-refractivity contribution in [1.29, 1.82) is 0 Å². The Morgan fingerprint density at radius 3 is 2.39 bits per heavy atom. The number of carbonyl (C=O) groups is 3. The van der Waals surface area contributed by atoms with Crippen LogP contribution in [-0.4, -0.2) is 46.0 Å². The maximum absolute atomic E-state index is 11.8. The maximum atomic E-state index is 11.8. The van der Waals surface area contributed by atoms with E-state index in [0.717, 1.165) is 11.0 Å². The molecule has 3 amide bonds. The highest BCUT2D eigenvalue weighted by Gasteiger charge is 2.13. The van der Waals surface area contributed by atoms with E-state index in [2.05, 4.69) is 10.1 Å². The van der Waals surface area contributed by atoms with Gasteiger partial charge in [-0.25, -0.2) is 17.9 Å². The van der Waals surface area contributed by atoms with E-state index in [1.54, 1.807) is 12.1 Å². The van der Waals surface area contributed by atoms with Crippen molar-refractivity contribution in [2.24, 2.45) is 5.92 Å². The van der Waals surface area contributed by atoms with Crippen LogP contribution in [0.1, 0.15) is 25.0 Å². The lowest BCUT2D eigenvalue weighted by Gasteiger charge is -2.09. The highest BCUT2D eigenvalue weighted by molar-refractivity contribution is 7.92. The normalized spacial score (nSPS) is 11.4. The summed E-state index contributed by atoms with van der Waals surface area (Å²) in [5.74, 6) is -1.56.